The molecule has 3 aromatic carbocycles. The van der Waals surface area contributed by atoms with E-state index in [9.17, 15) is 28.1 Å². The van der Waals surface area contributed by atoms with Gasteiger partial charge in [-0.15, -0.1) is 10.2 Å². The lowest BCUT2D eigenvalue weighted by molar-refractivity contribution is -0.385. The summed E-state index contributed by atoms with van der Waals surface area (Å²) in [5.41, 5.74) is -1.06. The van der Waals surface area contributed by atoms with E-state index in [0.717, 1.165) is 35.1 Å². The average molecular weight is 499 g/mol. The Morgan fingerprint density at radius 2 is 1.66 bits per heavy atom. The third-order valence-electron chi connectivity index (χ3n) is 4.81. The van der Waals surface area contributed by atoms with Gasteiger partial charge in [0.15, 0.2) is 11.0 Å². The number of carbonyl (C=O) groups excluding carboxylic acids is 1. The fraction of sp³-hybridized carbons (Fsp3) is 0.0870. The number of nitrogens with one attached hydrogen (secondary N) is 1. The van der Waals surface area contributed by atoms with Crippen molar-refractivity contribution in [2.24, 2.45) is 0 Å². The van der Waals surface area contributed by atoms with Gasteiger partial charge in [0.2, 0.25) is 5.91 Å². The molecule has 0 saturated carbocycles. The summed E-state index contributed by atoms with van der Waals surface area (Å²) in [6, 6.07) is 20.6. The van der Waals surface area contributed by atoms with Crippen LogP contribution in [0, 0.1) is 10.1 Å². The number of rotatable bonds is 7. The minimum absolute atomic E-state index is 0.270. The molecule has 35 heavy (non-hydrogen) atoms. The van der Waals surface area contributed by atoms with Crippen molar-refractivity contribution < 1.29 is 22.9 Å². The SMILES string of the molecule is O=C(CSc1nnc(-c2ccccc2)n1-c1ccccc1)Nc1ccc([N+](=O)[O-])cc1C(F)(F)F. The summed E-state index contributed by atoms with van der Waals surface area (Å²) in [5, 5.41) is 21.8. The molecule has 4 aromatic rings. The molecule has 8 nitrogen and oxygen atoms in total. The molecule has 0 aliphatic carbocycles. The van der Waals surface area contributed by atoms with E-state index in [1.165, 1.54) is 0 Å². The standard InChI is InChI=1S/C23H16F3N5O3S/c24-23(25,26)18-13-17(31(33)34)11-12-19(18)27-20(32)14-35-22-29-28-21(15-7-3-1-4-8-15)30(22)16-9-5-2-6-10-16/h1-13H,14H2,(H,27,32). The second kappa shape index (κ2) is 9.97. The Bertz CT molecular complexity index is 1360. The van der Waals surface area contributed by atoms with Crippen molar-refractivity contribution in [2.45, 2.75) is 11.3 Å². The van der Waals surface area contributed by atoms with Gasteiger partial charge in [-0.1, -0.05) is 60.3 Å². The number of thioether (sulfide) groups is 1. The average Bonchev–Trinajstić information content (AvgIpc) is 3.27. The van der Waals surface area contributed by atoms with Crippen LogP contribution < -0.4 is 5.32 Å². The molecule has 1 heterocycles. The number of nitro benzene ring substituents is 1. The molecule has 178 valence electrons. The number of amides is 1. The van der Waals surface area contributed by atoms with Crippen molar-refractivity contribution in [1.29, 1.82) is 0 Å². The molecule has 12 heteroatoms. The molecule has 0 bridgehead atoms. The maximum Gasteiger partial charge on any atom is 0.418 e. The highest BCUT2D eigenvalue weighted by atomic mass is 32.2. The third kappa shape index (κ3) is 5.49. The zero-order valence-electron chi connectivity index (χ0n) is 17.8. The van der Waals surface area contributed by atoms with Crippen LogP contribution in [0.3, 0.4) is 0 Å². The van der Waals surface area contributed by atoms with E-state index < -0.39 is 33.9 Å². The highest BCUT2D eigenvalue weighted by Crippen LogP contribution is 2.37. The Labute approximate surface area is 201 Å². The minimum Gasteiger partial charge on any atom is -0.325 e. The van der Waals surface area contributed by atoms with Crippen LogP contribution in [0.25, 0.3) is 17.1 Å². The molecule has 1 N–H and O–H groups in total. The number of carbonyl (C=O) groups is 1. The first-order valence-corrected chi connectivity index (χ1v) is 11.1. The fourth-order valence-electron chi connectivity index (χ4n) is 3.25. The van der Waals surface area contributed by atoms with Gasteiger partial charge in [-0.2, -0.15) is 13.2 Å². The van der Waals surface area contributed by atoms with E-state index in [1.807, 2.05) is 60.7 Å². The second-order valence-electron chi connectivity index (χ2n) is 7.16. The number of para-hydroxylation sites is 1. The van der Waals surface area contributed by atoms with E-state index >= 15 is 0 Å². The number of nitro groups is 1. The first-order valence-electron chi connectivity index (χ1n) is 10.1. The molecule has 0 aliphatic rings. The van der Waals surface area contributed by atoms with Gasteiger partial charge in [0.1, 0.15) is 0 Å². The molecule has 0 fully saturated rings. The summed E-state index contributed by atoms with van der Waals surface area (Å²) in [4.78, 5) is 22.4. The van der Waals surface area contributed by atoms with Crippen LogP contribution in [0.5, 0.6) is 0 Å². The molecular weight excluding hydrogens is 483 g/mol. The number of hydrogen-bond acceptors (Lipinski definition) is 6. The largest absolute Gasteiger partial charge is 0.418 e. The number of benzene rings is 3. The number of nitrogens with zero attached hydrogens (tertiary/aromatic N) is 4. The van der Waals surface area contributed by atoms with Crippen molar-refractivity contribution in [3.63, 3.8) is 0 Å². The van der Waals surface area contributed by atoms with Crippen LogP contribution in [-0.4, -0.2) is 31.3 Å². The Hall–Kier alpha value is -4.19. The number of aromatic nitrogens is 3. The molecule has 0 saturated heterocycles. The van der Waals surface area contributed by atoms with Crippen LogP contribution in [0.15, 0.2) is 84.0 Å². The smallest absolute Gasteiger partial charge is 0.325 e. The summed E-state index contributed by atoms with van der Waals surface area (Å²) in [6.45, 7) is 0. The predicted molar refractivity (Wildman–Crippen MR) is 124 cm³/mol. The summed E-state index contributed by atoms with van der Waals surface area (Å²) in [5.74, 6) is -0.471. The number of non-ortho nitro benzene ring substituents is 1. The fourth-order valence-corrected chi connectivity index (χ4v) is 4.01. The van der Waals surface area contributed by atoms with E-state index in [-0.39, 0.29) is 5.75 Å². The quantitative estimate of drug-likeness (QED) is 0.202. The molecule has 0 aliphatic heterocycles. The van der Waals surface area contributed by atoms with Crippen molar-refractivity contribution in [2.75, 3.05) is 11.1 Å². The normalized spacial score (nSPS) is 11.3. The lowest BCUT2D eigenvalue weighted by atomic mass is 10.1. The number of alkyl halides is 3. The maximum atomic E-state index is 13.4. The molecule has 1 aromatic heterocycles. The lowest BCUT2D eigenvalue weighted by Gasteiger charge is -2.14. The Morgan fingerprint density at radius 1 is 1.00 bits per heavy atom. The van der Waals surface area contributed by atoms with Crippen molar-refractivity contribution in [3.8, 4) is 17.1 Å². The first kappa shape index (κ1) is 24.0. The van der Waals surface area contributed by atoms with Gasteiger partial charge in [-0.3, -0.25) is 19.5 Å². The summed E-state index contributed by atoms with van der Waals surface area (Å²) in [7, 11) is 0. The maximum absolute atomic E-state index is 13.4. The topological polar surface area (TPSA) is 103 Å². The molecular formula is C23H16F3N5O3S. The van der Waals surface area contributed by atoms with Crippen molar-refractivity contribution >= 4 is 29.0 Å². The van der Waals surface area contributed by atoms with Gasteiger partial charge in [-0.05, 0) is 18.2 Å². The first-order chi connectivity index (χ1) is 16.7. The van der Waals surface area contributed by atoms with Gasteiger partial charge in [0, 0.05) is 23.4 Å². The van der Waals surface area contributed by atoms with Gasteiger partial charge < -0.3 is 5.32 Å². The van der Waals surface area contributed by atoms with Gasteiger partial charge in [-0.25, -0.2) is 0 Å². The monoisotopic (exact) mass is 499 g/mol. The van der Waals surface area contributed by atoms with Crippen molar-refractivity contribution in [3.05, 3.63) is 94.5 Å². The van der Waals surface area contributed by atoms with Crippen molar-refractivity contribution in [1.82, 2.24) is 14.8 Å². The minimum atomic E-state index is -4.89. The predicted octanol–water partition coefficient (Wildman–Crippen LogP) is 5.59. The van der Waals surface area contributed by atoms with E-state index in [4.69, 9.17) is 0 Å². The molecule has 0 unspecified atom stereocenters. The molecule has 0 spiro atoms. The van der Waals surface area contributed by atoms with Gasteiger partial charge in [0.05, 0.1) is 21.9 Å². The number of anilines is 1. The van der Waals surface area contributed by atoms with Crippen LogP contribution in [0.2, 0.25) is 0 Å². The van der Waals surface area contributed by atoms with E-state index in [2.05, 4.69) is 15.5 Å². The number of hydrogen-bond donors (Lipinski definition) is 1. The second-order valence-corrected chi connectivity index (χ2v) is 8.11. The Balaban J connectivity index is 1.58. The Kier molecular flexibility index (Phi) is 6.82. The zero-order chi connectivity index (χ0) is 25.0. The molecule has 0 atom stereocenters. The number of halogens is 3. The molecule has 1 amide bonds. The summed E-state index contributed by atoms with van der Waals surface area (Å²) in [6.07, 6.45) is -4.89. The van der Waals surface area contributed by atoms with E-state index in [1.54, 1.807) is 4.57 Å². The summed E-state index contributed by atoms with van der Waals surface area (Å²) < 4.78 is 41.9. The van der Waals surface area contributed by atoms with Crippen LogP contribution >= 0.6 is 11.8 Å². The molecule has 0 radical (unpaired) electrons. The lowest BCUT2D eigenvalue weighted by Crippen LogP contribution is -2.18. The van der Waals surface area contributed by atoms with Crippen LogP contribution in [-0.2, 0) is 11.0 Å². The van der Waals surface area contributed by atoms with E-state index in [0.29, 0.717) is 17.0 Å². The van der Waals surface area contributed by atoms with Crippen LogP contribution in [0.1, 0.15) is 5.56 Å². The third-order valence-corrected chi connectivity index (χ3v) is 5.73. The van der Waals surface area contributed by atoms with Crippen LogP contribution in [0.4, 0.5) is 24.5 Å². The highest BCUT2D eigenvalue weighted by molar-refractivity contribution is 7.99. The van der Waals surface area contributed by atoms with Gasteiger partial charge >= 0.3 is 6.18 Å². The molecule has 4 rings (SSSR count). The van der Waals surface area contributed by atoms with Gasteiger partial charge in [0.25, 0.3) is 5.69 Å². The Morgan fingerprint density at radius 3 is 2.29 bits per heavy atom. The summed E-state index contributed by atoms with van der Waals surface area (Å²) >= 11 is 0.994. The zero-order valence-corrected chi connectivity index (χ0v) is 18.6. The highest BCUT2D eigenvalue weighted by Gasteiger charge is 2.35.